The monoisotopic (exact) mass is 331 g/mol. The summed E-state index contributed by atoms with van der Waals surface area (Å²) in [6.07, 6.45) is 2.28. The number of hydrogen-bond acceptors (Lipinski definition) is 5. The highest BCUT2D eigenvalue weighted by Gasteiger charge is 2.11. The number of ether oxygens (including phenoxy) is 1. The summed E-state index contributed by atoms with van der Waals surface area (Å²) in [7, 11) is 0. The van der Waals surface area contributed by atoms with Crippen molar-refractivity contribution < 1.29 is 14.1 Å². The smallest absolute Gasteiger partial charge is 0.257 e. The maximum Gasteiger partial charge on any atom is 0.257 e. The van der Waals surface area contributed by atoms with Gasteiger partial charge >= 0.3 is 0 Å². The molecule has 0 aliphatic carbocycles. The average molecular weight is 331 g/mol. The van der Waals surface area contributed by atoms with E-state index < -0.39 is 0 Å². The quantitative estimate of drug-likeness (QED) is 0.764. The molecule has 0 aliphatic heterocycles. The molecule has 1 aromatic heterocycles. The van der Waals surface area contributed by atoms with E-state index in [4.69, 9.17) is 9.26 Å². The van der Waals surface area contributed by atoms with Crippen molar-refractivity contribution in [3.63, 3.8) is 0 Å². The van der Waals surface area contributed by atoms with Crippen LogP contribution in [0, 0.1) is 0 Å². The van der Waals surface area contributed by atoms with Crippen molar-refractivity contribution in [1.29, 1.82) is 0 Å². The molecule has 0 fully saturated rings. The largest absolute Gasteiger partial charge is 0.483 e. The molecule has 1 aromatic carbocycles. The van der Waals surface area contributed by atoms with Crippen molar-refractivity contribution in [3.05, 3.63) is 41.5 Å². The first-order chi connectivity index (χ1) is 11.6. The topological polar surface area (TPSA) is 77.2 Å². The van der Waals surface area contributed by atoms with Gasteiger partial charge in [-0.3, -0.25) is 4.79 Å². The maximum absolute atomic E-state index is 11.9. The van der Waals surface area contributed by atoms with Crippen molar-refractivity contribution in [3.8, 4) is 5.75 Å². The Morgan fingerprint density at radius 1 is 1.33 bits per heavy atom. The molecule has 0 saturated heterocycles. The summed E-state index contributed by atoms with van der Waals surface area (Å²) in [4.78, 5) is 16.1. The van der Waals surface area contributed by atoms with E-state index >= 15 is 0 Å². The summed E-state index contributed by atoms with van der Waals surface area (Å²) in [6.45, 7) is 6.69. The number of benzene rings is 1. The van der Waals surface area contributed by atoms with Gasteiger partial charge < -0.3 is 14.6 Å². The Labute approximate surface area is 142 Å². The number of nitrogens with zero attached hydrogens (tertiary/aromatic N) is 2. The van der Waals surface area contributed by atoms with Crippen molar-refractivity contribution in [2.75, 3.05) is 13.2 Å². The fourth-order valence-electron chi connectivity index (χ4n) is 2.28. The first-order valence-corrected chi connectivity index (χ1v) is 8.43. The van der Waals surface area contributed by atoms with Gasteiger partial charge in [-0.05, 0) is 24.0 Å². The summed E-state index contributed by atoms with van der Waals surface area (Å²) in [5.74, 6) is 2.22. The zero-order valence-electron chi connectivity index (χ0n) is 14.5. The second-order valence-corrected chi connectivity index (χ2v) is 5.69. The van der Waals surface area contributed by atoms with E-state index in [1.165, 1.54) is 0 Å². The van der Waals surface area contributed by atoms with E-state index in [0.717, 1.165) is 24.2 Å². The Kier molecular flexibility index (Phi) is 6.78. The predicted molar refractivity (Wildman–Crippen MR) is 91.0 cm³/mol. The van der Waals surface area contributed by atoms with Gasteiger partial charge in [0.05, 0.1) is 0 Å². The van der Waals surface area contributed by atoms with Gasteiger partial charge in [-0.15, -0.1) is 0 Å². The Morgan fingerprint density at radius 3 is 2.83 bits per heavy atom. The van der Waals surface area contributed by atoms with Crippen LogP contribution in [0.15, 0.2) is 28.8 Å². The lowest BCUT2D eigenvalue weighted by Crippen LogP contribution is -2.30. The normalized spacial score (nSPS) is 12.0. The van der Waals surface area contributed by atoms with Gasteiger partial charge in [0.1, 0.15) is 5.75 Å². The number of para-hydroxylation sites is 1. The van der Waals surface area contributed by atoms with Crippen LogP contribution in [-0.2, 0) is 17.6 Å². The van der Waals surface area contributed by atoms with E-state index in [-0.39, 0.29) is 12.5 Å². The van der Waals surface area contributed by atoms with Crippen molar-refractivity contribution >= 4 is 5.91 Å². The van der Waals surface area contributed by atoms with Crippen molar-refractivity contribution in [2.24, 2.45) is 0 Å². The minimum absolute atomic E-state index is 0.00249. The van der Waals surface area contributed by atoms with Crippen LogP contribution < -0.4 is 10.1 Å². The third-order valence-electron chi connectivity index (χ3n) is 3.91. The molecule has 6 nitrogen and oxygen atoms in total. The second kappa shape index (κ2) is 9.05. The molecule has 1 amide bonds. The summed E-state index contributed by atoms with van der Waals surface area (Å²) >= 11 is 0. The van der Waals surface area contributed by atoms with Gasteiger partial charge in [0.2, 0.25) is 5.89 Å². The number of rotatable bonds is 9. The van der Waals surface area contributed by atoms with E-state index in [9.17, 15) is 4.79 Å². The first kappa shape index (κ1) is 18.0. The third-order valence-corrected chi connectivity index (χ3v) is 3.91. The van der Waals surface area contributed by atoms with Crippen LogP contribution in [0.2, 0.25) is 0 Å². The standard InChI is InChI=1S/C18H25N3O3/c1-4-13(3)14-8-6-7-9-15(14)23-12-17(22)19-11-10-18-20-16(5-2)21-24-18/h6-9,13H,4-5,10-12H2,1-3H3,(H,19,22)/t13-/m0/s1. The van der Waals surface area contributed by atoms with Gasteiger partial charge in [-0.1, -0.05) is 44.1 Å². The lowest BCUT2D eigenvalue weighted by atomic mass is 9.98. The highest BCUT2D eigenvalue weighted by atomic mass is 16.5. The van der Waals surface area contributed by atoms with Crippen LogP contribution in [0.1, 0.15) is 50.4 Å². The lowest BCUT2D eigenvalue weighted by Gasteiger charge is -2.15. The van der Waals surface area contributed by atoms with Crippen LogP contribution in [-0.4, -0.2) is 29.2 Å². The van der Waals surface area contributed by atoms with Crippen LogP contribution in [0.25, 0.3) is 0 Å². The van der Waals surface area contributed by atoms with Crippen LogP contribution in [0.4, 0.5) is 0 Å². The fourth-order valence-corrected chi connectivity index (χ4v) is 2.28. The summed E-state index contributed by atoms with van der Waals surface area (Å²) in [5, 5.41) is 6.62. The second-order valence-electron chi connectivity index (χ2n) is 5.69. The van der Waals surface area contributed by atoms with Crippen molar-refractivity contribution in [1.82, 2.24) is 15.5 Å². The zero-order chi connectivity index (χ0) is 17.4. The Morgan fingerprint density at radius 2 is 2.12 bits per heavy atom. The molecule has 2 rings (SSSR count). The van der Waals surface area contributed by atoms with E-state index in [0.29, 0.717) is 30.6 Å². The summed E-state index contributed by atoms with van der Waals surface area (Å²) in [6, 6.07) is 7.85. The van der Waals surface area contributed by atoms with E-state index in [1.807, 2.05) is 31.2 Å². The Balaban J connectivity index is 1.77. The number of carbonyl (C=O) groups excluding carboxylic acids is 1. The number of aromatic nitrogens is 2. The number of hydrogen-bond donors (Lipinski definition) is 1. The molecule has 0 spiro atoms. The molecule has 0 aliphatic rings. The Bertz CT molecular complexity index is 654. The molecule has 0 bridgehead atoms. The number of nitrogens with one attached hydrogen (secondary N) is 1. The number of aryl methyl sites for hydroxylation is 1. The molecule has 130 valence electrons. The molecule has 0 unspecified atom stereocenters. The molecule has 0 radical (unpaired) electrons. The zero-order valence-corrected chi connectivity index (χ0v) is 14.5. The van der Waals surface area contributed by atoms with E-state index in [2.05, 4.69) is 29.3 Å². The minimum Gasteiger partial charge on any atom is -0.483 e. The highest BCUT2D eigenvalue weighted by molar-refractivity contribution is 5.77. The molecule has 2 aromatic rings. The molecule has 24 heavy (non-hydrogen) atoms. The first-order valence-electron chi connectivity index (χ1n) is 8.43. The molecule has 1 heterocycles. The van der Waals surface area contributed by atoms with Gasteiger partial charge in [-0.25, -0.2) is 0 Å². The number of carbonyl (C=O) groups is 1. The molecule has 6 heteroatoms. The van der Waals surface area contributed by atoms with Gasteiger partial charge in [0.25, 0.3) is 5.91 Å². The van der Waals surface area contributed by atoms with Gasteiger partial charge in [0.15, 0.2) is 12.4 Å². The molecular formula is C18H25N3O3. The van der Waals surface area contributed by atoms with E-state index in [1.54, 1.807) is 0 Å². The summed E-state index contributed by atoms with van der Waals surface area (Å²) < 4.78 is 10.8. The molecular weight excluding hydrogens is 306 g/mol. The van der Waals surface area contributed by atoms with Crippen LogP contribution >= 0.6 is 0 Å². The maximum atomic E-state index is 11.9. The minimum atomic E-state index is -0.163. The average Bonchev–Trinajstić information content (AvgIpc) is 3.07. The molecule has 1 atom stereocenters. The fraction of sp³-hybridized carbons (Fsp3) is 0.500. The summed E-state index contributed by atoms with van der Waals surface area (Å²) in [5.41, 5.74) is 1.13. The van der Waals surface area contributed by atoms with Gasteiger partial charge in [0, 0.05) is 19.4 Å². The lowest BCUT2D eigenvalue weighted by molar-refractivity contribution is -0.123. The van der Waals surface area contributed by atoms with Crippen LogP contribution in [0.5, 0.6) is 5.75 Å². The SMILES string of the molecule is CCc1noc(CCNC(=O)COc2ccccc2[C@@H](C)CC)n1. The molecule has 1 N–H and O–H groups in total. The highest BCUT2D eigenvalue weighted by Crippen LogP contribution is 2.28. The predicted octanol–water partition coefficient (Wildman–Crippen LogP) is 2.88. The van der Waals surface area contributed by atoms with Crippen LogP contribution in [0.3, 0.4) is 0 Å². The van der Waals surface area contributed by atoms with Gasteiger partial charge in [-0.2, -0.15) is 4.98 Å². The molecule has 0 saturated carbocycles. The third kappa shape index (κ3) is 5.08. The Hall–Kier alpha value is -2.37. The van der Waals surface area contributed by atoms with Crippen molar-refractivity contribution in [2.45, 2.75) is 46.0 Å². The number of amides is 1.